The SMILES string of the molecule is COc1ccc(C(C)N2C[C@@H]3C[C@H]2CN3C(=O)c2ccc(C(C)(C)C)nc2)c(C)c1C. The molecule has 5 nitrogen and oxygen atoms in total. The van der Waals surface area contributed by atoms with Gasteiger partial charge in [-0.25, -0.2) is 0 Å². The molecule has 2 aliphatic rings. The summed E-state index contributed by atoms with van der Waals surface area (Å²) in [5.74, 6) is 1.06. The Balaban J connectivity index is 1.46. The molecule has 2 aliphatic heterocycles. The van der Waals surface area contributed by atoms with Gasteiger partial charge in [-0.3, -0.25) is 14.7 Å². The Morgan fingerprint density at radius 2 is 1.84 bits per heavy atom. The molecule has 2 bridgehead atoms. The number of rotatable bonds is 4. The van der Waals surface area contributed by atoms with Crippen molar-refractivity contribution in [1.82, 2.24) is 14.8 Å². The first-order valence-electron chi connectivity index (χ1n) is 11.3. The molecule has 1 unspecified atom stereocenters. The molecule has 0 saturated carbocycles. The van der Waals surface area contributed by atoms with Crippen LogP contribution in [0.15, 0.2) is 30.5 Å². The third-order valence-corrected chi connectivity index (χ3v) is 7.27. The number of aromatic nitrogens is 1. The normalized spacial score (nSPS) is 22.1. The Hall–Kier alpha value is -2.40. The predicted octanol–water partition coefficient (Wildman–Crippen LogP) is 4.66. The summed E-state index contributed by atoms with van der Waals surface area (Å²) < 4.78 is 5.48. The second-order valence-corrected chi connectivity index (χ2v) is 10.2. The zero-order valence-electron chi connectivity index (χ0n) is 19.9. The van der Waals surface area contributed by atoms with Gasteiger partial charge >= 0.3 is 0 Å². The van der Waals surface area contributed by atoms with Crippen LogP contribution in [0.1, 0.15) is 72.9 Å². The van der Waals surface area contributed by atoms with Gasteiger partial charge in [0, 0.05) is 48.5 Å². The highest BCUT2D eigenvalue weighted by molar-refractivity contribution is 5.94. The lowest BCUT2D eigenvalue weighted by atomic mass is 9.91. The fraction of sp³-hybridized carbons (Fsp3) is 0.538. The van der Waals surface area contributed by atoms with E-state index in [2.05, 4.69) is 68.5 Å². The molecule has 3 atom stereocenters. The van der Waals surface area contributed by atoms with E-state index < -0.39 is 0 Å². The molecule has 1 aromatic heterocycles. The first kappa shape index (κ1) is 21.8. The summed E-state index contributed by atoms with van der Waals surface area (Å²) in [5.41, 5.74) is 5.56. The van der Waals surface area contributed by atoms with E-state index in [4.69, 9.17) is 4.74 Å². The van der Waals surface area contributed by atoms with Crippen LogP contribution < -0.4 is 4.74 Å². The second-order valence-electron chi connectivity index (χ2n) is 10.2. The number of likely N-dealkylation sites (tertiary alicyclic amines) is 2. The molecular weight excluding hydrogens is 386 g/mol. The van der Waals surface area contributed by atoms with E-state index in [0.29, 0.717) is 17.6 Å². The van der Waals surface area contributed by atoms with Crippen LogP contribution in [0, 0.1) is 13.8 Å². The van der Waals surface area contributed by atoms with Crippen molar-refractivity contribution in [2.45, 2.75) is 71.5 Å². The number of piperazine rings is 1. The third-order valence-electron chi connectivity index (χ3n) is 7.27. The molecular formula is C26H35N3O2. The summed E-state index contributed by atoms with van der Waals surface area (Å²) in [6.07, 6.45) is 2.80. The number of hydrogen-bond acceptors (Lipinski definition) is 4. The number of carbonyl (C=O) groups is 1. The maximum Gasteiger partial charge on any atom is 0.255 e. The fourth-order valence-electron chi connectivity index (χ4n) is 5.22. The molecule has 0 radical (unpaired) electrons. The van der Waals surface area contributed by atoms with Gasteiger partial charge < -0.3 is 9.64 Å². The molecule has 4 rings (SSSR count). The summed E-state index contributed by atoms with van der Waals surface area (Å²) in [6, 6.07) is 9.21. The van der Waals surface area contributed by atoms with Crippen molar-refractivity contribution in [1.29, 1.82) is 0 Å². The number of amides is 1. The average Bonchev–Trinajstić information content (AvgIpc) is 3.35. The molecule has 31 heavy (non-hydrogen) atoms. The minimum absolute atomic E-state index is 0.0110. The van der Waals surface area contributed by atoms with Crippen LogP contribution in [-0.2, 0) is 5.41 Å². The van der Waals surface area contributed by atoms with Crippen molar-refractivity contribution < 1.29 is 9.53 Å². The molecule has 2 aromatic rings. The first-order chi connectivity index (χ1) is 14.6. The standard InChI is InChI=1S/C26H35N3O2/c1-16-17(2)23(31-7)10-9-22(16)18(3)28-14-21-12-20(28)15-29(21)25(30)19-8-11-24(27-13-19)26(4,5)6/h8-11,13,18,20-21H,12,14-15H2,1-7H3/t18?,20-,21-/m0/s1. The monoisotopic (exact) mass is 421 g/mol. The quantitative estimate of drug-likeness (QED) is 0.720. The van der Waals surface area contributed by atoms with Gasteiger partial charge in [-0.05, 0) is 62.1 Å². The fourth-order valence-corrected chi connectivity index (χ4v) is 5.22. The number of pyridine rings is 1. The van der Waals surface area contributed by atoms with Gasteiger partial charge in [0.15, 0.2) is 0 Å². The van der Waals surface area contributed by atoms with E-state index in [9.17, 15) is 4.79 Å². The van der Waals surface area contributed by atoms with Gasteiger partial charge in [-0.1, -0.05) is 26.8 Å². The van der Waals surface area contributed by atoms with Crippen molar-refractivity contribution >= 4 is 5.91 Å². The Morgan fingerprint density at radius 1 is 1.10 bits per heavy atom. The minimum Gasteiger partial charge on any atom is -0.496 e. The molecule has 0 spiro atoms. The van der Waals surface area contributed by atoms with E-state index >= 15 is 0 Å². The highest BCUT2D eigenvalue weighted by Gasteiger charge is 2.47. The van der Waals surface area contributed by atoms with Gasteiger partial charge in [-0.2, -0.15) is 0 Å². The Morgan fingerprint density at radius 3 is 2.39 bits per heavy atom. The predicted molar refractivity (Wildman–Crippen MR) is 124 cm³/mol. The van der Waals surface area contributed by atoms with Crippen molar-refractivity contribution in [2.24, 2.45) is 0 Å². The first-order valence-corrected chi connectivity index (χ1v) is 11.3. The lowest BCUT2D eigenvalue weighted by Crippen LogP contribution is -2.49. The van der Waals surface area contributed by atoms with Gasteiger partial charge in [0.2, 0.25) is 0 Å². The minimum atomic E-state index is -0.0110. The lowest BCUT2D eigenvalue weighted by molar-refractivity contribution is 0.0568. The van der Waals surface area contributed by atoms with Crippen molar-refractivity contribution in [3.8, 4) is 5.75 Å². The Bertz CT molecular complexity index is 977. The van der Waals surface area contributed by atoms with Crippen molar-refractivity contribution in [2.75, 3.05) is 20.2 Å². The third kappa shape index (κ3) is 3.84. The number of methoxy groups -OCH3 is 1. The number of carbonyl (C=O) groups excluding carboxylic acids is 1. The summed E-state index contributed by atoms with van der Waals surface area (Å²) in [7, 11) is 1.72. The highest BCUT2D eigenvalue weighted by atomic mass is 16.5. The van der Waals surface area contributed by atoms with Gasteiger partial charge in [0.1, 0.15) is 5.75 Å². The van der Waals surface area contributed by atoms with E-state index in [1.807, 2.05) is 12.1 Å². The van der Waals surface area contributed by atoms with Crippen LogP contribution in [0.5, 0.6) is 5.75 Å². The number of nitrogens with zero attached hydrogens (tertiary/aromatic N) is 3. The van der Waals surface area contributed by atoms with Crippen LogP contribution in [0.25, 0.3) is 0 Å². The molecule has 3 heterocycles. The maximum absolute atomic E-state index is 13.2. The number of ether oxygens (including phenoxy) is 1. The van der Waals surface area contributed by atoms with E-state index in [1.165, 1.54) is 16.7 Å². The summed E-state index contributed by atoms with van der Waals surface area (Å²) in [5, 5.41) is 0. The lowest BCUT2D eigenvalue weighted by Gasteiger charge is -2.38. The van der Waals surface area contributed by atoms with Crippen molar-refractivity contribution in [3.63, 3.8) is 0 Å². The molecule has 2 saturated heterocycles. The zero-order valence-corrected chi connectivity index (χ0v) is 19.9. The number of benzene rings is 1. The van der Waals surface area contributed by atoms with E-state index in [-0.39, 0.29) is 17.4 Å². The van der Waals surface area contributed by atoms with Crippen LogP contribution in [0.3, 0.4) is 0 Å². The van der Waals surface area contributed by atoms with Crippen LogP contribution in [-0.4, -0.2) is 53.0 Å². The molecule has 2 fully saturated rings. The van der Waals surface area contributed by atoms with Crippen molar-refractivity contribution in [3.05, 3.63) is 58.4 Å². The maximum atomic E-state index is 13.2. The molecule has 166 valence electrons. The highest BCUT2D eigenvalue weighted by Crippen LogP contribution is 2.39. The second kappa shape index (κ2) is 7.94. The zero-order chi connectivity index (χ0) is 22.5. The number of hydrogen-bond donors (Lipinski definition) is 0. The van der Waals surface area contributed by atoms with Gasteiger partial charge in [-0.15, -0.1) is 0 Å². The summed E-state index contributed by atoms with van der Waals surface area (Å²) in [6.45, 7) is 14.7. The molecule has 1 aromatic carbocycles. The Labute approximate surface area is 186 Å². The molecule has 1 amide bonds. The molecule has 0 N–H and O–H groups in total. The summed E-state index contributed by atoms with van der Waals surface area (Å²) >= 11 is 0. The van der Waals surface area contributed by atoms with Crippen LogP contribution >= 0.6 is 0 Å². The van der Waals surface area contributed by atoms with E-state index in [0.717, 1.165) is 31.0 Å². The summed E-state index contributed by atoms with van der Waals surface area (Å²) in [4.78, 5) is 22.4. The van der Waals surface area contributed by atoms with Gasteiger partial charge in [0.25, 0.3) is 5.91 Å². The molecule has 5 heteroatoms. The number of fused-ring (bicyclic) bond motifs is 2. The van der Waals surface area contributed by atoms with Gasteiger partial charge in [0.05, 0.1) is 12.7 Å². The smallest absolute Gasteiger partial charge is 0.255 e. The topological polar surface area (TPSA) is 45.7 Å². The largest absolute Gasteiger partial charge is 0.496 e. The van der Waals surface area contributed by atoms with Crippen LogP contribution in [0.2, 0.25) is 0 Å². The Kier molecular flexibility index (Phi) is 5.59. The molecule has 0 aliphatic carbocycles. The van der Waals surface area contributed by atoms with Crippen LogP contribution in [0.4, 0.5) is 0 Å². The average molecular weight is 422 g/mol. The van der Waals surface area contributed by atoms with E-state index in [1.54, 1.807) is 13.3 Å².